The molecule has 0 saturated carbocycles. The van der Waals surface area contributed by atoms with E-state index in [1.54, 1.807) is 0 Å². The zero-order chi connectivity index (χ0) is 10.6. The summed E-state index contributed by atoms with van der Waals surface area (Å²) in [5.41, 5.74) is 0.0711. The molecule has 0 fully saturated rings. The van der Waals surface area contributed by atoms with Crippen molar-refractivity contribution in [3.63, 3.8) is 0 Å². The highest BCUT2D eigenvalue weighted by Gasteiger charge is 2.22. The number of hydrogen-bond acceptors (Lipinski definition) is 4. The van der Waals surface area contributed by atoms with Gasteiger partial charge >= 0.3 is 5.97 Å². The molecule has 76 valence electrons. The number of rotatable bonds is 2. The SMILES string of the molecule is O=C(OCC(Cl)(Cl)Cl)c1cnccn1. The Labute approximate surface area is 95.2 Å². The summed E-state index contributed by atoms with van der Waals surface area (Å²) in [6.07, 6.45) is 4.07. The first-order valence-electron chi connectivity index (χ1n) is 3.49. The fraction of sp³-hybridized carbons (Fsp3) is 0.286. The van der Waals surface area contributed by atoms with Gasteiger partial charge in [0.1, 0.15) is 6.61 Å². The standard InChI is InChI=1S/C7H5Cl3N2O2/c8-7(9,10)4-14-6(13)5-3-11-1-2-12-5/h1-3H,4H2. The summed E-state index contributed by atoms with van der Waals surface area (Å²) in [7, 11) is 0. The lowest BCUT2D eigenvalue weighted by Gasteiger charge is -2.10. The Morgan fingerprint density at radius 3 is 2.64 bits per heavy atom. The van der Waals surface area contributed by atoms with Crippen LogP contribution in [0.15, 0.2) is 18.6 Å². The molecule has 0 N–H and O–H groups in total. The van der Waals surface area contributed by atoms with Crippen LogP contribution in [0.2, 0.25) is 0 Å². The first-order valence-corrected chi connectivity index (χ1v) is 4.62. The first kappa shape index (κ1) is 11.5. The number of esters is 1. The number of carbonyl (C=O) groups excluding carboxylic acids is 1. The summed E-state index contributed by atoms with van der Waals surface area (Å²) in [6, 6.07) is 0. The Morgan fingerprint density at radius 1 is 1.43 bits per heavy atom. The summed E-state index contributed by atoms with van der Waals surface area (Å²) >= 11 is 16.1. The minimum Gasteiger partial charge on any atom is -0.456 e. The van der Waals surface area contributed by atoms with Crippen molar-refractivity contribution in [2.45, 2.75) is 3.79 Å². The third-order valence-corrected chi connectivity index (χ3v) is 1.47. The number of hydrogen-bond donors (Lipinski definition) is 0. The molecule has 0 spiro atoms. The summed E-state index contributed by atoms with van der Waals surface area (Å²) in [4.78, 5) is 18.6. The van der Waals surface area contributed by atoms with E-state index < -0.39 is 9.76 Å². The van der Waals surface area contributed by atoms with E-state index in [2.05, 4.69) is 14.7 Å². The Morgan fingerprint density at radius 2 is 2.14 bits per heavy atom. The largest absolute Gasteiger partial charge is 0.456 e. The lowest BCUT2D eigenvalue weighted by Crippen LogP contribution is -2.18. The minimum absolute atomic E-state index is 0.0711. The smallest absolute Gasteiger partial charge is 0.358 e. The molecule has 0 atom stereocenters. The third-order valence-electron chi connectivity index (χ3n) is 1.14. The fourth-order valence-electron chi connectivity index (χ4n) is 0.626. The van der Waals surface area contributed by atoms with Crippen molar-refractivity contribution < 1.29 is 9.53 Å². The van der Waals surface area contributed by atoms with Crippen molar-refractivity contribution in [2.24, 2.45) is 0 Å². The van der Waals surface area contributed by atoms with Gasteiger partial charge < -0.3 is 4.74 Å². The fourth-order valence-corrected chi connectivity index (χ4v) is 0.789. The lowest BCUT2D eigenvalue weighted by molar-refractivity contribution is 0.0504. The van der Waals surface area contributed by atoms with Gasteiger partial charge in [0.2, 0.25) is 3.79 Å². The molecule has 0 aromatic carbocycles. The highest BCUT2D eigenvalue weighted by molar-refractivity contribution is 6.67. The van der Waals surface area contributed by atoms with Crippen molar-refractivity contribution >= 4 is 40.8 Å². The average Bonchev–Trinajstić information content (AvgIpc) is 2.14. The zero-order valence-electron chi connectivity index (χ0n) is 6.78. The van der Waals surface area contributed by atoms with Gasteiger partial charge in [0, 0.05) is 12.4 Å². The first-order chi connectivity index (χ1) is 6.49. The third kappa shape index (κ3) is 4.09. The Kier molecular flexibility index (Phi) is 3.92. The molecule has 0 unspecified atom stereocenters. The van der Waals surface area contributed by atoms with Crippen LogP contribution in [0, 0.1) is 0 Å². The number of alkyl halides is 3. The van der Waals surface area contributed by atoms with Crippen LogP contribution in [-0.4, -0.2) is 26.3 Å². The van der Waals surface area contributed by atoms with Crippen molar-refractivity contribution in [3.8, 4) is 0 Å². The Hall–Kier alpha value is -0.580. The van der Waals surface area contributed by atoms with Gasteiger partial charge in [0.25, 0.3) is 0 Å². The van der Waals surface area contributed by atoms with Crippen molar-refractivity contribution in [3.05, 3.63) is 24.3 Å². The van der Waals surface area contributed by atoms with Crippen LogP contribution in [0.4, 0.5) is 0 Å². The van der Waals surface area contributed by atoms with E-state index >= 15 is 0 Å². The van der Waals surface area contributed by atoms with Crippen LogP contribution in [0.1, 0.15) is 10.5 Å². The molecule has 1 heterocycles. The van der Waals surface area contributed by atoms with Crippen LogP contribution in [-0.2, 0) is 4.74 Å². The van der Waals surface area contributed by atoms with Gasteiger partial charge in [0.05, 0.1) is 6.20 Å². The van der Waals surface area contributed by atoms with E-state index in [0.717, 1.165) is 0 Å². The van der Waals surface area contributed by atoms with Crippen LogP contribution in [0.25, 0.3) is 0 Å². The van der Waals surface area contributed by atoms with Gasteiger partial charge in [-0.15, -0.1) is 0 Å². The highest BCUT2D eigenvalue weighted by atomic mass is 35.6. The van der Waals surface area contributed by atoms with Gasteiger partial charge in [-0.2, -0.15) is 0 Å². The molecule has 14 heavy (non-hydrogen) atoms. The molecule has 0 radical (unpaired) electrons. The van der Waals surface area contributed by atoms with Gasteiger partial charge in [-0.3, -0.25) is 4.98 Å². The summed E-state index contributed by atoms with van der Waals surface area (Å²) in [5, 5.41) is 0. The summed E-state index contributed by atoms with van der Waals surface area (Å²) in [6.45, 7) is -0.326. The molecule has 0 aliphatic rings. The molecule has 0 bridgehead atoms. The van der Waals surface area contributed by atoms with Crippen LogP contribution >= 0.6 is 34.8 Å². The molecule has 7 heteroatoms. The number of carbonyl (C=O) groups is 1. The maximum atomic E-state index is 11.2. The molecular formula is C7H5Cl3N2O2. The van der Waals surface area contributed by atoms with E-state index in [0.29, 0.717) is 0 Å². The maximum absolute atomic E-state index is 11.2. The van der Waals surface area contributed by atoms with E-state index in [4.69, 9.17) is 34.8 Å². The molecule has 1 aromatic heterocycles. The van der Waals surface area contributed by atoms with Crippen molar-refractivity contribution in [2.75, 3.05) is 6.61 Å². The van der Waals surface area contributed by atoms with E-state index in [9.17, 15) is 4.79 Å². The second kappa shape index (κ2) is 4.77. The summed E-state index contributed by atoms with van der Waals surface area (Å²) < 4.78 is 3.04. The van der Waals surface area contributed by atoms with Gasteiger partial charge in [-0.1, -0.05) is 34.8 Å². The van der Waals surface area contributed by atoms with Crippen molar-refractivity contribution in [1.29, 1.82) is 0 Å². The topological polar surface area (TPSA) is 52.1 Å². The van der Waals surface area contributed by atoms with Gasteiger partial charge in [-0.25, -0.2) is 9.78 Å². The number of ether oxygens (including phenoxy) is 1. The van der Waals surface area contributed by atoms with Gasteiger partial charge in [-0.05, 0) is 0 Å². The molecule has 4 nitrogen and oxygen atoms in total. The normalized spacial score (nSPS) is 11.1. The molecular weight excluding hydrogens is 250 g/mol. The monoisotopic (exact) mass is 254 g/mol. The molecule has 1 aromatic rings. The number of aromatic nitrogens is 2. The lowest BCUT2D eigenvalue weighted by atomic mass is 10.5. The van der Waals surface area contributed by atoms with E-state index in [1.807, 2.05) is 0 Å². The molecule has 1 rings (SSSR count). The predicted molar refractivity (Wildman–Crippen MR) is 52.6 cm³/mol. The molecule has 0 aliphatic heterocycles. The van der Waals surface area contributed by atoms with E-state index in [-0.39, 0.29) is 12.3 Å². The Balaban J connectivity index is 2.52. The second-order valence-corrected chi connectivity index (χ2v) is 4.80. The summed E-state index contributed by atoms with van der Waals surface area (Å²) in [5.74, 6) is -0.676. The molecule has 0 amide bonds. The predicted octanol–water partition coefficient (Wildman–Crippen LogP) is 2.00. The molecule has 0 aliphatic carbocycles. The second-order valence-electron chi connectivity index (χ2n) is 2.28. The maximum Gasteiger partial charge on any atom is 0.358 e. The zero-order valence-corrected chi connectivity index (χ0v) is 9.05. The quantitative estimate of drug-likeness (QED) is 0.599. The van der Waals surface area contributed by atoms with Gasteiger partial charge in [0.15, 0.2) is 5.69 Å². The number of nitrogens with zero attached hydrogens (tertiary/aromatic N) is 2. The van der Waals surface area contributed by atoms with Crippen LogP contribution in [0.3, 0.4) is 0 Å². The average molecular weight is 255 g/mol. The van der Waals surface area contributed by atoms with Crippen LogP contribution in [0.5, 0.6) is 0 Å². The van der Waals surface area contributed by atoms with Crippen LogP contribution < -0.4 is 0 Å². The number of halogens is 3. The minimum atomic E-state index is -1.61. The van der Waals surface area contributed by atoms with E-state index in [1.165, 1.54) is 18.6 Å². The van der Waals surface area contributed by atoms with Crippen molar-refractivity contribution in [1.82, 2.24) is 9.97 Å². The molecule has 0 saturated heterocycles. The highest BCUT2D eigenvalue weighted by Crippen LogP contribution is 2.26. The Bertz CT molecular complexity index is 312.